The van der Waals surface area contributed by atoms with Gasteiger partial charge in [-0.3, -0.25) is 9.69 Å². The van der Waals surface area contributed by atoms with Crippen LogP contribution in [0.4, 0.5) is 0 Å². The summed E-state index contributed by atoms with van der Waals surface area (Å²) in [4.78, 5) is 26.7. The summed E-state index contributed by atoms with van der Waals surface area (Å²) >= 11 is 0. The van der Waals surface area contributed by atoms with Gasteiger partial charge in [0.25, 0.3) is 0 Å². The van der Waals surface area contributed by atoms with Crippen molar-refractivity contribution in [2.24, 2.45) is 5.92 Å². The predicted octanol–water partition coefficient (Wildman–Crippen LogP) is 2.12. The highest BCUT2D eigenvalue weighted by Crippen LogP contribution is 2.20. The summed E-state index contributed by atoms with van der Waals surface area (Å²) in [6.07, 6.45) is 0.200. The van der Waals surface area contributed by atoms with Gasteiger partial charge in [0.1, 0.15) is 17.1 Å². The Hall–Kier alpha value is -1.86. The van der Waals surface area contributed by atoms with Crippen LogP contribution in [-0.2, 0) is 20.8 Å². The lowest BCUT2D eigenvalue weighted by atomic mass is 9.99. The largest absolute Gasteiger partial charge is 0.465 e. The highest BCUT2D eigenvalue weighted by molar-refractivity contribution is 5.90. The van der Waals surface area contributed by atoms with Gasteiger partial charge in [-0.1, -0.05) is 13.8 Å². The van der Waals surface area contributed by atoms with Gasteiger partial charge < -0.3 is 19.2 Å². The van der Waals surface area contributed by atoms with Crippen molar-refractivity contribution in [2.75, 3.05) is 20.2 Å². The number of amides is 1. The maximum atomic E-state index is 12.8. The molecule has 3 unspecified atom stereocenters. The van der Waals surface area contributed by atoms with E-state index in [0.717, 1.165) is 13.1 Å². The molecule has 2 heterocycles. The van der Waals surface area contributed by atoms with Gasteiger partial charge in [0.05, 0.1) is 31.9 Å². The molecular weight excluding hydrogens is 336 g/mol. The predicted molar refractivity (Wildman–Crippen MR) is 96.8 cm³/mol. The average Bonchev–Trinajstić information content (AvgIpc) is 2.92. The molecule has 26 heavy (non-hydrogen) atoms. The zero-order chi connectivity index (χ0) is 19.4. The maximum Gasteiger partial charge on any atom is 0.341 e. The van der Waals surface area contributed by atoms with E-state index in [4.69, 9.17) is 13.9 Å². The molecule has 0 spiro atoms. The zero-order valence-electron chi connectivity index (χ0n) is 16.5. The molecule has 1 aromatic heterocycles. The van der Waals surface area contributed by atoms with Crippen molar-refractivity contribution in [3.63, 3.8) is 0 Å². The van der Waals surface area contributed by atoms with Crippen LogP contribution in [0, 0.1) is 12.8 Å². The number of esters is 1. The normalized spacial score (nSPS) is 22.3. The van der Waals surface area contributed by atoms with Crippen LogP contribution < -0.4 is 5.32 Å². The van der Waals surface area contributed by atoms with Gasteiger partial charge in [-0.05, 0) is 32.8 Å². The van der Waals surface area contributed by atoms with Crippen molar-refractivity contribution in [3.05, 3.63) is 23.2 Å². The van der Waals surface area contributed by atoms with E-state index < -0.39 is 5.97 Å². The van der Waals surface area contributed by atoms with E-state index in [-0.39, 0.29) is 36.6 Å². The number of rotatable bonds is 6. The fourth-order valence-electron chi connectivity index (χ4n) is 3.56. The van der Waals surface area contributed by atoms with Crippen molar-refractivity contribution < 1.29 is 23.5 Å². The van der Waals surface area contributed by atoms with E-state index in [0.29, 0.717) is 17.1 Å². The van der Waals surface area contributed by atoms with Crippen molar-refractivity contribution in [3.8, 4) is 0 Å². The lowest BCUT2D eigenvalue weighted by Crippen LogP contribution is -2.56. The second-order valence-electron chi connectivity index (χ2n) is 7.29. The first-order valence-corrected chi connectivity index (χ1v) is 9.07. The Morgan fingerprint density at radius 1 is 1.31 bits per heavy atom. The molecule has 2 rings (SSSR count). The first kappa shape index (κ1) is 20.5. The van der Waals surface area contributed by atoms with Crippen LogP contribution in [0.5, 0.6) is 0 Å². The second-order valence-corrected chi connectivity index (χ2v) is 7.29. The van der Waals surface area contributed by atoms with Crippen molar-refractivity contribution in [1.82, 2.24) is 10.2 Å². The van der Waals surface area contributed by atoms with E-state index in [9.17, 15) is 9.59 Å². The van der Waals surface area contributed by atoms with E-state index in [2.05, 4.69) is 10.2 Å². The number of hydrogen-bond acceptors (Lipinski definition) is 6. The number of carbonyl (C=O) groups is 2. The van der Waals surface area contributed by atoms with Gasteiger partial charge in [0.15, 0.2) is 0 Å². The van der Waals surface area contributed by atoms with Crippen LogP contribution >= 0.6 is 0 Å². The molecule has 1 aromatic rings. The zero-order valence-corrected chi connectivity index (χ0v) is 16.5. The quantitative estimate of drug-likeness (QED) is 0.777. The molecule has 1 saturated heterocycles. The molecule has 0 radical (unpaired) electrons. The Balaban J connectivity index is 2.03. The molecule has 7 heteroatoms. The first-order chi connectivity index (χ1) is 12.2. The van der Waals surface area contributed by atoms with Crippen molar-refractivity contribution in [1.29, 1.82) is 0 Å². The van der Waals surface area contributed by atoms with Crippen LogP contribution in [0.2, 0.25) is 0 Å². The Kier molecular flexibility index (Phi) is 6.83. The monoisotopic (exact) mass is 366 g/mol. The standard InChI is InChI=1S/C19H30N2O5/c1-11(2)17(21-9-12(3)25-13(4)10-21)18(22)20-8-15-7-16(14(5)26-15)19(23)24-6/h7,11-13,17H,8-10H2,1-6H3,(H,20,22). The molecule has 3 atom stereocenters. The van der Waals surface area contributed by atoms with Crippen molar-refractivity contribution in [2.45, 2.75) is 59.4 Å². The Labute approximate surface area is 155 Å². The lowest BCUT2D eigenvalue weighted by molar-refractivity contribution is -0.135. The summed E-state index contributed by atoms with van der Waals surface area (Å²) in [5, 5.41) is 2.94. The van der Waals surface area contributed by atoms with E-state index in [1.54, 1.807) is 13.0 Å². The van der Waals surface area contributed by atoms with Gasteiger partial charge in [-0.15, -0.1) is 0 Å². The molecule has 0 bridgehead atoms. The second kappa shape index (κ2) is 8.68. The molecule has 7 nitrogen and oxygen atoms in total. The van der Waals surface area contributed by atoms with Gasteiger partial charge in [0, 0.05) is 13.1 Å². The van der Waals surface area contributed by atoms with E-state index in [1.165, 1.54) is 7.11 Å². The van der Waals surface area contributed by atoms with Gasteiger partial charge >= 0.3 is 5.97 Å². The average molecular weight is 366 g/mol. The number of furan rings is 1. The molecule has 0 aliphatic carbocycles. The third-order valence-electron chi connectivity index (χ3n) is 4.55. The molecule has 0 aromatic carbocycles. The van der Waals surface area contributed by atoms with E-state index >= 15 is 0 Å². The van der Waals surface area contributed by atoms with Gasteiger partial charge in [-0.2, -0.15) is 0 Å². The molecule has 1 aliphatic rings. The molecule has 1 N–H and O–H groups in total. The minimum atomic E-state index is -0.444. The number of aryl methyl sites for hydroxylation is 1. The number of ether oxygens (including phenoxy) is 2. The highest BCUT2D eigenvalue weighted by atomic mass is 16.5. The molecule has 1 amide bonds. The minimum Gasteiger partial charge on any atom is -0.465 e. The first-order valence-electron chi connectivity index (χ1n) is 9.07. The Morgan fingerprint density at radius 3 is 2.46 bits per heavy atom. The number of morpholine rings is 1. The number of methoxy groups -OCH3 is 1. The van der Waals surface area contributed by atoms with E-state index in [1.807, 2.05) is 27.7 Å². The molecule has 146 valence electrons. The summed E-state index contributed by atoms with van der Waals surface area (Å²) in [5.74, 6) is 0.687. The third-order valence-corrected chi connectivity index (χ3v) is 4.55. The Bertz CT molecular complexity index is 630. The summed E-state index contributed by atoms with van der Waals surface area (Å²) in [6, 6.07) is 1.38. The smallest absolute Gasteiger partial charge is 0.341 e. The molecule has 1 fully saturated rings. The van der Waals surface area contributed by atoms with Crippen LogP contribution in [0.15, 0.2) is 10.5 Å². The number of hydrogen-bond donors (Lipinski definition) is 1. The fourth-order valence-corrected chi connectivity index (χ4v) is 3.56. The lowest BCUT2D eigenvalue weighted by Gasteiger charge is -2.40. The summed E-state index contributed by atoms with van der Waals surface area (Å²) in [5.41, 5.74) is 0.382. The maximum absolute atomic E-state index is 12.8. The number of nitrogens with one attached hydrogen (secondary N) is 1. The van der Waals surface area contributed by atoms with Crippen molar-refractivity contribution >= 4 is 11.9 Å². The SMILES string of the molecule is COC(=O)c1cc(CNC(=O)C(C(C)C)N2CC(C)OC(C)C2)oc1C. The summed E-state index contributed by atoms with van der Waals surface area (Å²) in [6.45, 7) is 11.5. The fraction of sp³-hybridized carbons (Fsp3) is 0.684. The molecule has 1 aliphatic heterocycles. The van der Waals surface area contributed by atoms with Crippen LogP contribution in [0.3, 0.4) is 0 Å². The number of carbonyl (C=O) groups excluding carboxylic acids is 2. The topological polar surface area (TPSA) is 81.0 Å². The minimum absolute atomic E-state index is 0.0463. The molecular formula is C19H30N2O5. The van der Waals surface area contributed by atoms with Gasteiger partial charge in [0.2, 0.25) is 5.91 Å². The van der Waals surface area contributed by atoms with Crippen LogP contribution in [0.25, 0.3) is 0 Å². The molecule has 0 saturated carbocycles. The van der Waals surface area contributed by atoms with Crippen LogP contribution in [0.1, 0.15) is 49.6 Å². The third kappa shape index (κ3) is 4.86. The summed E-state index contributed by atoms with van der Waals surface area (Å²) in [7, 11) is 1.33. The van der Waals surface area contributed by atoms with Crippen LogP contribution in [-0.4, -0.2) is 55.2 Å². The van der Waals surface area contributed by atoms with Gasteiger partial charge in [-0.25, -0.2) is 4.79 Å². The summed E-state index contributed by atoms with van der Waals surface area (Å²) < 4.78 is 16.1. The Morgan fingerprint density at radius 2 is 1.92 bits per heavy atom. The highest BCUT2D eigenvalue weighted by Gasteiger charge is 2.34. The number of nitrogens with zero attached hydrogens (tertiary/aromatic N) is 1.